The molecule has 1 aliphatic carbocycles. The first kappa shape index (κ1) is 6.46. The van der Waals surface area contributed by atoms with Crippen molar-refractivity contribution in [1.29, 1.82) is 0 Å². The number of Topliss-reactive ketones (excluding diaryl/α,β-unsaturated/α-hetero) is 2. The van der Waals surface area contributed by atoms with Crippen molar-refractivity contribution >= 4 is 11.6 Å². The van der Waals surface area contributed by atoms with Crippen molar-refractivity contribution in [3.63, 3.8) is 0 Å². The topological polar surface area (TPSA) is 34.1 Å². The first-order chi connectivity index (χ1) is 4.20. The summed E-state index contributed by atoms with van der Waals surface area (Å²) in [6.45, 7) is 2.00. The van der Waals surface area contributed by atoms with Crippen LogP contribution in [-0.2, 0) is 9.59 Å². The van der Waals surface area contributed by atoms with E-state index in [1.807, 2.05) is 6.92 Å². The molecule has 0 saturated heterocycles. The average Bonchev–Trinajstić information content (AvgIpc) is 1.80. The molecule has 0 aromatic carbocycles. The molecule has 50 valence electrons. The molecule has 0 spiro atoms. The second-order valence-electron chi connectivity index (χ2n) is 2.69. The van der Waals surface area contributed by atoms with E-state index in [2.05, 4.69) is 0 Å². The van der Waals surface area contributed by atoms with Crippen LogP contribution in [0, 0.1) is 5.92 Å². The van der Waals surface area contributed by atoms with E-state index in [-0.39, 0.29) is 11.6 Å². The Morgan fingerprint density at radius 1 is 1.33 bits per heavy atom. The first-order valence-corrected chi connectivity index (χ1v) is 3.26. The molecule has 0 N–H and O–H groups in total. The summed E-state index contributed by atoms with van der Waals surface area (Å²) in [5, 5.41) is 0. The van der Waals surface area contributed by atoms with Crippen LogP contribution in [0.1, 0.15) is 26.2 Å². The van der Waals surface area contributed by atoms with Gasteiger partial charge in [-0.05, 0) is 12.3 Å². The average molecular weight is 126 g/mol. The van der Waals surface area contributed by atoms with Gasteiger partial charge < -0.3 is 0 Å². The third kappa shape index (κ3) is 1.37. The molecule has 0 aromatic rings. The molecule has 2 nitrogen and oxygen atoms in total. The van der Waals surface area contributed by atoms with Gasteiger partial charge in [0.05, 0.1) is 0 Å². The predicted molar refractivity (Wildman–Crippen MR) is 33.0 cm³/mol. The fraction of sp³-hybridized carbons (Fsp3) is 0.714. The van der Waals surface area contributed by atoms with Crippen LogP contribution in [0.5, 0.6) is 0 Å². The van der Waals surface area contributed by atoms with E-state index in [4.69, 9.17) is 0 Å². The van der Waals surface area contributed by atoms with Crippen LogP contribution in [0.4, 0.5) is 0 Å². The molecule has 0 amide bonds. The largest absolute Gasteiger partial charge is 0.291 e. The Bertz CT molecular complexity index is 149. The number of hydrogen-bond acceptors (Lipinski definition) is 2. The molecule has 0 bridgehead atoms. The lowest BCUT2D eigenvalue weighted by Gasteiger charge is -2.13. The van der Waals surface area contributed by atoms with Crippen LogP contribution in [0.15, 0.2) is 0 Å². The maximum absolute atomic E-state index is 10.7. The van der Waals surface area contributed by atoms with Crippen LogP contribution < -0.4 is 0 Å². The Labute approximate surface area is 54.2 Å². The second-order valence-corrected chi connectivity index (χ2v) is 2.69. The number of carbonyl (C=O) groups is 2. The molecule has 1 rings (SSSR count). The van der Waals surface area contributed by atoms with Gasteiger partial charge in [0, 0.05) is 12.8 Å². The van der Waals surface area contributed by atoms with Gasteiger partial charge >= 0.3 is 0 Å². The normalized spacial score (nSPS) is 28.8. The summed E-state index contributed by atoms with van der Waals surface area (Å²) in [5.74, 6) is 0.0806. The van der Waals surface area contributed by atoms with E-state index < -0.39 is 0 Å². The van der Waals surface area contributed by atoms with Crippen LogP contribution in [-0.4, -0.2) is 11.6 Å². The van der Waals surface area contributed by atoms with Gasteiger partial charge in [0.15, 0.2) is 11.6 Å². The van der Waals surface area contributed by atoms with Gasteiger partial charge in [-0.25, -0.2) is 0 Å². The zero-order valence-electron chi connectivity index (χ0n) is 5.52. The van der Waals surface area contributed by atoms with Gasteiger partial charge in [0.1, 0.15) is 0 Å². The Kier molecular flexibility index (Phi) is 1.65. The molecule has 0 aliphatic heterocycles. The number of ketones is 2. The molecule has 9 heavy (non-hydrogen) atoms. The molecule has 1 atom stereocenters. The fourth-order valence-corrected chi connectivity index (χ4v) is 1.05. The third-order valence-electron chi connectivity index (χ3n) is 1.71. The molecule has 1 fully saturated rings. The summed E-state index contributed by atoms with van der Waals surface area (Å²) >= 11 is 0. The zero-order valence-corrected chi connectivity index (χ0v) is 5.52. The highest BCUT2D eigenvalue weighted by Crippen LogP contribution is 2.17. The van der Waals surface area contributed by atoms with Gasteiger partial charge in [-0.15, -0.1) is 0 Å². The Morgan fingerprint density at radius 3 is 2.44 bits per heavy atom. The molecule has 0 heterocycles. The van der Waals surface area contributed by atoms with E-state index in [9.17, 15) is 9.59 Å². The van der Waals surface area contributed by atoms with Crippen LogP contribution in [0.2, 0.25) is 0 Å². The van der Waals surface area contributed by atoms with Crippen molar-refractivity contribution in [2.24, 2.45) is 5.92 Å². The molecule has 1 aliphatic rings. The van der Waals surface area contributed by atoms with Crippen LogP contribution >= 0.6 is 0 Å². The lowest BCUT2D eigenvalue weighted by atomic mass is 9.89. The predicted octanol–water partition coefficient (Wildman–Crippen LogP) is 0.945. The quantitative estimate of drug-likeness (QED) is 0.453. The van der Waals surface area contributed by atoms with Crippen molar-refractivity contribution < 1.29 is 9.59 Å². The maximum Gasteiger partial charge on any atom is 0.198 e. The van der Waals surface area contributed by atoms with Gasteiger partial charge in [-0.2, -0.15) is 0 Å². The molecule has 2 heteroatoms. The minimum atomic E-state index is -0.173. The van der Waals surface area contributed by atoms with Gasteiger partial charge in [0.2, 0.25) is 0 Å². The second kappa shape index (κ2) is 2.29. The van der Waals surface area contributed by atoms with Gasteiger partial charge in [-0.3, -0.25) is 9.59 Å². The van der Waals surface area contributed by atoms with Crippen molar-refractivity contribution in [1.82, 2.24) is 0 Å². The summed E-state index contributed by atoms with van der Waals surface area (Å²) in [6, 6.07) is 0. The first-order valence-electron chi connectivity index (χ1n) is 3.26. The maximum atomic E-state index is 10.7. The summed E-state index contributed by atoms with van der Waals surface area (Å²) in [4.78, 5) is 21.2. The van der Waals surface area contributed by atoms with E-state index in [0.717, 1.165) is 6.42 Å². The van der Waals surface area contributed by atoms with Crippen molar-refractivity contribution in [3.05, 3.63) is 0 Å². The summed E-state index contributed by atoms with van der Waals surface area (Å²) < 4.78 is 0. The number of hydrogen-bond donors (Lipinski definition) is 0. The van der Waals surface area contributed by atoms with Crippen molar-refractivity contribution in [2.45, 2.75) is 26.2 Å². The zero-order chi connectivity index (χ0) is 6.85. The number of rotatable bonds is 0. The summed E-state index contributed by atoms with van der Waals surface area (Å²) in [6.07, 6.45) is 1.84. The minimum absolute atomic E-state index is 0.172. The Hall–Kier alpha value is -0.660. The third-order valence-corrected chi connectivity index (χ3v) is 1.71. The number of carbonyl (C=O) groups excluding carboxylic acids is 2. The van der Waals surface area contributed by atoms with Crippen LogP contribution in [0.3, 0.4) is 0 Å². The monoisotopic (exact) mass is 126 g/mol. The fourth-order valence-electron chi connectivity index (χ4n) is 1.05. The highest BCUT2D eigenvalue weighted by atomic mass is 16.2. The lowest BCUT2D eigenvalue weighted by molar-refractivity contribution is -0.138. The smallest absolute Gasteiger partial charge is 0.198 e. The molecule has 0 radical (unpaired) electrons. The van der Waals surface area contributed by atoms with E-state index >= 15 is 0 Å². The standard InChI is InChI=1S/C7H10O2/c1-5-2-3-6(8)7(9)4-5/h5H,2-4H2,1H3/t5-/m1/s1. The Morgan fingerprint density at radius 2 is 2.00 bits per heavy atom. The highest BCUT2D eigenvalue weighted by molar-refractivity contribution is 6.37. The summed E-state index contributed by atoms with van der Waals surface area (Å²) in [5.41, 5.74) is 0. The van der Waals surface area contributed by atoms with E-state index in [1.165, 1.54) is 0 Å². The SMILES string of the molecule is C[C@@H]1CCC(=O)C(=O)C1. The van der Waals surface area contributed by atoms with Crippen LogP contribution in [0.25, 0.3) is 0 Å². The van der Waals surface area contributed by atoms with Gasteiger partial charge in [0.25, 0.3) is 0 Å². The van der Waals surface area contributed by atoms with Crippen molar-refractivity contribution in [2.75, 3.05) is 0 Å². The molecule has 0 unspecified atom stereocenters. The molecule has 1 saturated carbocycles. The van der Waals surface area contributed by atoms with Gasteiger partial charge in [-0.1, -0.05) is 6.92 Å². The molecule has 0 aromatic heterocycles. The molecular formula is C7H10O2. The highest BCUT2D eigenvalue weighted by Gasteiger charge is 2.22. The Balaban J connectivity index is 2.54. The lowest BCUT2D eigenvalue weighted by Crippen LogP contribution is -2.22. The van der Waals surface area contributed by atoms with E-state index in [0.29, 0.717) is 18.8 Å². The molecular weight excluding hydrogens is 116 g/mol. The summed E-state index contributed by atoms with van der Waals surface area (Å²) in [7, 11) is 0. The van der Waals surface area contributed by atoms with E-state index in [1.54, 1.807) is 0 Å². The van der Waals surface area contributed by atoms with Crippen molar-refractivity contribution in [3.8, 4) is 0 Å². The minimum Gasteiger partial charge on any atom is -0.291 e.